The third-order valence-electron chi connectivity index (χ3n) is 3.22. The summed E-state index contributed by atoms with van der Waals surface area (Å²) in [6.07, 6.45) is 0. The topological polar surface area (TPSA) is 58.2 Å². The van der Waals surface area contributed by atoms with Gasteiger partial charge in [-0.1, -0.05) is 43.6 Å². The summed E-state index contributed by atoms with van der Waals surface area (Å²) < 4.78 is 0. The van der Waals surface area contributed by atoms with Gasteiger partial charge in [0.2, 0.25) is 0 Å². The second-order valence-corrected chi connectivity index (χ2v) is 5.63. The summed E-state index contributed by atoms with van der Waals surface area (Å²) in [7, 11) is 0. The highest BCUT2D eigenvalue weighted by atomic mass is 35.5. The van der Waals surface area contributed by atoms with Crippen LogP contribution in [-0.4, -0.2) is 11.8 Å². The standard InChI is InChI=1S/C17H17ClN2O2/c1-11(2)12-6-8-13(9-7-12)16(21)19-20-17(22)14-4-3-5-15(18)10-14/h3-11H,1-2H3,(H,19,21)(H,20,22). The van der Waals surface area contributed by atoms with Gasteiger partial charge in [-0.25, -0.2) is 0 Å². The smallest absolute Gasteiger partial charge is 0.267 e. The molecule has 2 rings (SSSR count). The average molecular weight is 317 g/mol. The number of hydrazine groups is 1. The molecule has 114 valence electrons. The molecule has 2 N–H and O–H groups in total. The Labute approximate surface area is 134 Å². The van der Waals surface area contributed by atoms with Crippen LogP contribution in [0.2, 0.25) is 5.02 Å². The molecule has 0 radical (unpaired) electrons. The lowest BCUT2D eigenvalue weighted by molar-refractivity contribution is 0.0846. The maximum atomic E-state index is 12.0. The molecule has 0 atom stereocenters. The molecule has 0 aliphatic carbocycles. The Hall–Kier alpha value is -2.33. The average Bonchev–Trinajstić information content (AvgIpc) is 2.52. The van der Waals surface area contributed by atoms with Gasteiger partial charge >= 0.3 is 0 Å². The lowest BCUT2D eigenvalue weighted by atomic mass is 10.0. The lowest BCUT2D eigenvalue weighted by Crippen LogP contribution is -2.41. The molecule has 0 saturated heterocycles. The fourth-order valence-corrected chi connectivity index (χ4v) is 2.10. The van der Waals surface area contributed by atoms with Crippen LogP contribution in [0.3, 0.4) is 0 Å². The number of hydrogen-bond donors (Lipinski definition) is 2. The maximum Gasteiger partial charge on any atom is 0.269 e. The highest BCUT2D eigenvalue weighted by molar-refractivity contribution is 6.30. The summed E-state index contributed by atoms with van der Waals surface area (Å²) >= 11 is 5.82. The molecule has 0 aliphatic heterocycles. The summed E-state index contributed by atoms with van der Waals surface area (Å²) in [4.78, 5) is 23.9. The lowest BCUT2D eigenvalue weighted by Gasteiger charge is -2.09. The molecule has 5 heteroatoms. The first-order valence-corrected chi connectivity index (χ1v) is 7.31. The molecule has 2 aromatic rings. The summed E-state index contributed by atoms with van der Waals surface area (Å²) in [6.45, 7) is 4.17. The Bertz CT molecular complexity index is 681. The summed E-state index contributed by atoms with van der Waals surface area (Å²) in [5, 5.41) is 0.461. The third kappa shape index (κ3) is 4.09. The van der Waals surface area contributed by atoms with E-state index in [0.717, 1.165) is 5.56 Å². The van der Waals surface area contributed by atoms with Crippen LogP contribution in [0.4, 0.5) is 0 Å². The van der Waals surface area contributed by atoms with E-state index in [9.17, 15) is 9.59 Å². The number of rotatable bonds is 3. The van der Waals surface area contributed by atoms with E-state index in [2.05, 4.69) is 24.7 Å². The molecule has 22 heavy (non-hydrogen) atoms. The maximum absolute atomic E-state index is 12.0. The molecular formula is C17H17ClN2O2. The SMILES string of the molecule is CC(C)c1ccc(C(=O)NNC(=O)c2cccc(Cl)c2)cc1. The fourth-order valence-electron chi connectivity index (χ4n) is 1.91. The van der Waals surface area contributed by atoms with Crippen LogP contribution in [0.25, 0.3) is 0 Å². The second kappa shape index (κ2) is 7.09. The van der Waals surface area contributed by atoms with Crippen molar-refractivity contribution in [1.82, 2.24) is 10.9 Å². The van der Waals surface area contributed by atoms with Gasteiger partial charge in [0.1, 0.15) is 0 Å². The van der Waals surface area contributed by atoms with Crippen LogP contribution in [0.1, 0.15) is 46.0 Å². The van der Waals surface area contributed by atoms with Crippen LogP contribution in [0, 0.1) is 0 Å². The third-order valence-corrected chi connectivity index (χ3v) is 3.45. The molecule has 0 heterocycles. The van der Waals surface area contributed by atoms with Crippen LogP contribution >= 0.6 is 11.6 Å². The minimum absolute atomic E-state index is 0.370. The molecule has 0 fully saturated rings. The molecule has 0 aliphatic rings. The summed E-state index contributed by atoms with van der Waals surface area (Å²) in [5.74, 6) is -0.389. The van der Waals surface area contributed by atoms with Gasteiger partial charge < -0.3 is 0 Å². The molecule has 0 aromatic heterocycles. The van der Waals surface area contributed by atoms with Gasteiger partial charge in [0.25, 0.3) is 11.8 Å². The number of benzene rings is 2. The second-order valence-electron chi connectivity index (χ2n) is 5.20. The molecule has 0 unspecified atom stereocenters. The van der Waals surface area contributed by atoms with Gasteiger partial charge in [-0.15, -0.1) is 0 Å². The van der Waals surface area contributed by atoms with Crippen molar-refractivity contribution >= 4 is 23.4 Å². The van der Waals surface area contributed by atoms with E-state index in [-0.39, 0.29) is 5.91 Å². The van der Waals surface area contributed by atoms with Crippen molar-refractivity contribution in [3.05, 3.63) is 70.2 Å². The minimum Gasteiger partial charge on any atom is -0.267 e. The monoisotopic (exact) mass is 316 g/mol. The zero-order valence-corrected chi connectivity index (χ0v) is 13.1. The molecule has 0 saturated carbocycles. The van der Waals surface area contributed by atoms with Crippen LogP contribution in [-0.2, 0) is 0 Å². The normalized spacial score (nSPS) is 10.4. The van der Waals surface area contributed by atoms with Gasteiger partial charge in [-0.2, -0.15) is 0 Å². The van der Waals surface area contributed by atoms with E-state index in [4.69, 9.17) is 11.6 Å². The number of hydrogen-bond acceptors (Lipinski definition) is 2. The van der Waals surface area contributed by atoms with Crippen molar-refractivity contribution < 1.29 is 9.59 Å². The fraction of sp³-hybridized carbons (Fsp3) is 0.176. The number of carbonyl (C=O) groups excluding carboxylic acids is 2. The Kier molecular flexibility index (Phi) is 5.17. The molecule has 0 spiro atoms. The Morgan fingerprint density at radius 2 is 1.50 bits per heavy atom. The molecular weight excluding hydrogens is 300 g/mol. The first-order valence-electron chi connectivity index (χ1n) is 6.93. The molecule has 2 aromatic carbocycles. The van der Waals surface area contributed by atoms with Crippen LogP contribution < -0.4 is 10.9 Å². The van der Waals surface area contributed by atoms with E-state index in [1.807, 2.05) is 12.1 Å². The van der Waals surface area contributed by atoms with E-state index in [0.29, 0.717) is 22.1 Å². The van der Waals surface area contributed by atoms with E-state index in [1.54, 1.807) is 30.3 Å². The van der Waals surface area contributed by atoms with Crippen LogP contribution in [0.15, 0.2) is 48.5 Å². The first-order chi connectivity index (χ1) is 10.5. The van der Waals surface area contributed by atoms with Crippen molar-refractivity contribution in [3.63, 3.8) is 0 Å². The highest BCUT2D eigenvalue weighted by Gasteiger charge is 2.09. The minimum atomic E-state index is -0.422. The zero-order valence-electron chi connectivity index (χ0n) is 12.4. The van der Waals surface area contributed by atoms with Crippen molar-refractivity contribution in [2.75, 3.05) is 0 Å². The highest BCUT2D eigenvalue weighted by Crippen LogP contribution is 2.14. The van der Waals surface area contributed by atoms with Gasteiger partial charge in [0.05, 0.1) is 0 Å². The number of nitrogens with one attached hydrogen (secondary N) is 2. The predicted octanol–water partition coefficient (Wildman–Crippen LogP) is 3.54. The van der Waals surface area contributed by atoms with Gasteiger partial charge in [0, 0.05) is 16.1 Å². The van der Waals surface area contributed by atoms with E-state index in [1.165, 1.54) is 6.07 Å². The number of amides is 2. The summed E-state index contributed by atoms with van der Waals surface area (Å²) in [5.41, 5.74) is 6.76. The van der Waals surface area contributed by atoms with E-state index < -0.39 is 5.91 Å². The Morgan fingerprint density at radius 3 is 2.05 bits per heavy atom. The van der Waals surface area contributed by atoms with Gasteiger partial charge in [-0.05, 0) is 41.8 Å². The zero-order chi connectivity index (χ0) is 16.1. The number of carbonyl (C=O) groups is 2. The largest absolute Gasteiger partial charge is 0.269 e. The van der Waals surface area contributed by atoms with E-state index >= 15 is 0 Å². The molecule has 4 nitrogen and oxygen atoms in total. The van der Waals surface area contributed by atoms with Crippen molar-refractivity contribution in [3.8, 4) is 0 Å². The first kappa shape index (κ1) is 16.0. The van der Waals surface area contributed by atoms with Crippen LogP contribution in [0.5, 0.6) is 0 Å². The Balaban J connectivity index is 1.96. The van der Waals surface area contributed by atoms with Crippen molar-refractivity contribution in [2.45, 2.75) is 19.8 Å². The quantitative estimate of drug-likeness (QED) is 0.851. The summed E-state index contributed by atoms with van der Waals surface area (Å²) in [6, 6.07) is 13.8. The Morgan fingerprint density at radius 1 is 0.909 bits per heavy atom. The van der Waals surface area contributed by atoms with Gasteiger partial charge in [-0.3, -0.25) is 20.4 Å². The molecule has 0 bridgehead atoms. The van der Waals surface area contributed by atoms with Crippen molar-refractivity contribution in [1.29, 1.82) is 0 Å². The number of halogens is 1. The molecule has 2 amide bonds. The van der Waals surface area contributed by atoms with Crippen molar-refractivity contribution in [2.24, 2.45) is 0 Å². The van der Waals surface area contributed by atoms with Gasteiger partial charge in [0.15, 0.2) is 0 Å². The predicted molar refractivity (Wildman–Crippen MR) is 86.9 cm³/mol.